The van der Waals surface area contributed by atoms with Gasteiger partial charge in [0.05, 0.1) is 5.56 Å². The number of ether oxygens (including phenoxy) is 1. The summed E-state index contributed by atoms with van der Waals surface area (Å²) in [6.45, 7) is 5.50. The third-order valence-electron chi connectivity index (χ3n) is 2.70. The van der Waals surface area contributed by atoms with Crippen molar-refractivity contribution in [2.75, 3.05) is 0 Å². The van der Waals surface area contributed by atoms with Crippen LogP contribution in [0, 0.1) is 0 Å². The van der Waals surface area contributed by atoms with Gasteiger partial charge in [-0.15, -0.1) is 0 Å². The topological polar surface area (TPSA) is 43.4 Å². The van der Waals surface area contributed by atoms with Crippen molar-refractivity contribution < 1.29 is 14.3 Å². The van der Waals surface area contributed by atoms with Crippen LogP contribution < -0.4 is 0 Å². The Morgan fingerprint density at radius 2 is 1.94 bits per heavy atom. The lowest BCUT2D eigenvalue weighted by molar-refractivity contribution is 0.00684. The molecule has 1 aromatic carbocycles. The molecule has 0 heterocycles. The van der Waals surface area contributed by atoms with Gasteiger partial charge in [-0.1, -0.05) is 12.1 Å². The summed E-state index contributed by atoms with van der Waals surface area (Å²) in [5, 5.41) is 0. The minimum absolute atomic E-state index is 0.116. The van der Waals surface area contributed by atoms with E-state index in [4.69, 9.17) is 4.74 Å². The molecule has 1 aromatic rings. The van der Waals surface area contributed by atoms with E-state index in [9.17, 15) is 9.59 Å². The summed E-state index contributed by atoms with van der Waals surface area (Å²) >= 11 is 0. The van der Waals surface area contributed by atoms with Crippen molar-refractivity contribution >= 4 is 11.8 Å². The van der Waals surface area contributed by atoms with Crippen LogP contribution in [0.5, 0.6) is 0 Å². The molecule has 0 atom stereocenters. The van der Waals surface area contributed by atoms with E-state index in [0.717, 1.165) is 5.56 Å². The highest BCUT2D eigenvalue weighted by molar-refractivity contribution is 6.04. The summed E-state index contributed by atoms with van der Waals surface area (Å²) in [4.78, 5) is 23.6. The summed E-state index contributed by atoms with van der Waals surface area (Å²) in [7, 11) is 0. The first-order chi connectivity index (χ1) is 7.88. The molecule has 0 aromatic heterocycles. The molecule has 3 heteroatoms. The predicted molar refractivity (Wildman–Crippen MR) is 64.3 cm³/mol. The lowest BCUT2D eigenvalue weighted by Crippen LogP contribution is -2.24. The molecule has 0 amide bonds. The monoisotopic (exact) mass is 232 g/mol. The zero-order chi connectivity index (χ0) is 12.6. The zero-order valence-electron chi connectivity index (χ0n) is 10.4. The molecule has 3 nitrogen and oxygen atoms in total. The fourth-order valence-electron chi connectivity index (χ4n) is 2.01. The number of carbonyl (C=O) groups excluding carboxylic acids is 2. The number of hydrogen-bond acceptors (Lipinski definition) is 3. The molecule has 90 valence electrons. The maximum atomic E-state index is 12.0. The van der Waals surface area contributed by atoms with E-state index in [2.05, 4.69) is 0 Å². The second-order valence-electron chi connectivity index (χ2n) is 5.26. The van der Waals surface area contributed by atoms with Gasteiger partial charge in [-0.25, -0.2) is 4.79 Å². The average molecular weight is 232 g/mol. The maximum absolute atomic E-state index is 12.0. The Labute approximate surface area is 101 Å². The van der Waals surface area contributed by atoms with Gasteiger partial charge in [-0.2, -0.15) is 0 Å². The van der Waals surface area contributed by atoms with Crippen molar-refractivity contribution in [3.05, 3.63) is 34.9 Å². The molecule has 17 heavy (non-hydrogen) atoms. The fraction of sp³-hybridized carbons (Fsp3) is 0.429. The van der Waals surface area contributed by atoms with Crippen molar-refractivity contribution in [2.24, 2.45) is 0 Å². The van der Waals surface area contributed by atoms with Crippen LogP contribution >= 0.6 is 0 Å². The third-order valence-corrected chi connectivity index (χ3v) is 2.70. The minimum Gasteiger partial charge on any atom is -0.456 e. The first-order valence-corrected chi connectivity index (χ1v) is 5.77. The third kappa shape index (κ3) is 2.38. The van der Waals surface area contributed by atoms with Crippen molar-refractivity contribution in [1.82, 2.24) is 0 Å². The Kier molecular flexibility index (Phi) is 2.77. The molecule has 0 aliphatic heterocycles. The molecule has 0 unspecified atom stereocenters. The van der Waals surface area contributed by atoms with Crippen molar-refractivity contribution in [2.45, 2.75) is 39.2 Å². The van der Waals surface area contributed by atoms with Gasteiger partial charge in [-0.05, 0) is 38.8 Å². The minimum atomic E-state index is -0.511. The molecule has 0 bridgehead atoms. The van der Waals surface area contributed by atoms with E-state index >= 15 is 0 Å². The molecule has 1 aliphatic carbocycles. The van der Waals surface area contributed by atoms with Crippen LogP contribution in [0.3, 0.4) is 0 Å². The van der Waals surface area contributed by atoms with E-state index in [0.29, 0.717) is 24.0 Å². The molecule has 0 fully saturated rings. The zero-order valence-corrected chi connectivity index (χ0v) is 10.4. The van der Waals surface area contributed by atoms with Crippen LogP contribution in [0.4, 0.5) is 0 Å². The van der Waals surface area contributed by atoms with Crippen LogP contribution in [0.25, 0.3) is 0 Å². The van der Waals surface area contributed by atoms with Gasteiger partial charge in [0.1, 0.15) is 5.60 Å². The van der Waals surface area contributed by atoms with E-state index < -0.39 is 5.60 Å². The Bertz CT molecular complexity index is 481. The van der Waals surface area contributed by atoms with Crippen molar-refractivity contribution in [1.29, 1.82) is 0 Å². The number of hydrogen-bond donors (Lipinski definition) is 0. The van der Waals surface area contributed by atoms with Crippen LogP contribution in [-0.2, 0) is 11.2 Å². The molecule has 1 aliphatic rings. The number of rotatable bonds is 1. The Morgan fingerprint density at radius 1 is 1.24 bits per heavy atom. The standard InChI is InChI=1S/C14H16O3/c1-14(2,3)17-13(16)11-6-4-5-10-9(11)7-8-12(10)15/h4-6H,7-8H2,1-3H3. The van der Waals surface area contributed by atoms with E-state index in [1.807, 2.05) is 20.8 Å². The highest BCUT2D eigenvalue weighted by Gasteiger charge is 2.27. The SMILES string of the molecule is CC(C)(C)OC(=O)c1cccc2c1CCC2=O. The summed E-state index contributed by atoms with van der Waals surface area (Å²) in [5.41, 5.74) is 1.53. The molecule has 0 radical (unpaired) electrons. The molecule has 0 N–H and O–H groups in total. The van der Waals surface area contributed by atoms with Crippen LogP contribution in [0.2, 0.25) is 0 Å². The first kappa shape index (κ1) is 11.8. The van der Waals surface area contributed by atoms with Crippen LogP contribution in [0.1, 0.15) is 53.5 Å². The van der Waals surface area contributed by atoms with Gasteiger partial charge in [-0.3, -0.25) is 4.79 Å². The molecule has 0 spiro atoms. The fourth-order valence-corrected chi connectivity index (χ4v) is 2.01. The number of carbonyl (C=O) groups is 2. The number of fused-ring (bicyclic) bond motifs is 1. The first-order valence-electron chi connectivity index (χ1n) is 5.77. The van der Waals surface area contributed by atoms with E-state index in [1.54, 1.807) is 18.2 Å². The van der Waals surface area contributed by atoms with Gasteiger partial charge in [0.25, 0.3) is 0 Å². The normalized spacial score (nSPS) is 14.6. The molecular formula is C14H16O3. The summed E-state index contributed by atoms with van der Waals surface area (Å²) in [6.07, 6.45) is 1.14. The summed E-state index contributed by atoms with van der Waals surface area (Å²) in [5.74, 6) is -0.227. The Morgan fingerprint density at radius 3 is 2.59 bits per heavy atom. The molecule has 0 saturated heterocycles. The van der Waals surface area contributed by atoms with Gasteiger partial charge < -0.3 is 4.74 Å². The lowest BCUT2D eigenvalue weighted by atomic mass is 10.0. The summed E-state index contributed by atoms with van der Waals surface area (Å²) < 4.78 is 5.33. The Hall–Kier alpha value is -1.64. The van der Waals surface area contributed by atoms with Gasteiger partial charge >= 0.3 is 5.97 Å². The number of ketones is 1. The average Bonchev–Trinajstić information content (AvgIpc) is 2.58. The highest BCUT2D eigenvalue weighted by atomic mass is 16.6. The van der Waals surface area contributed by atoms with Crippen molar-refractivity contribution in [3.63, 3.8) is 0 Å². The molecule has 0 saturated carbocycles. The molecular weight excluding hydrogens is 216 g/mol. The van der Waals surface area contributed by atoms with Gasteiger partial charge in [0, 0.05) is 12.0 Å². The largest absolute Gasteiger partial charge is 0.456 e. The second-order valence-corrected chi connectivity index (χ2v) is 5.26. The highest BCUT2D eigenvalue weighted by Crippen LogP contribution is 2.26. The van der Waals surface area contributed by atoms with Crippen LogP contribution in [0.15, 0.2) is 18.2 Å². The van der Waals surface area contributed by atoms with Gasteiger partial charge in [0.15, 0.2) is 5.78 Å². The smallest absolute Gasteiger partial charge is 0.338 e. The Balaban J connectivity index is 2.35. The second kappa shape index (κ2) is 3.99. The molecule has 2 rings (SSSR count). The number of benzene rings is 1. The van der Waals surface area contributed by atoms with Gasteiger partial charge in [0.2, 0.25) is 0 Å². The van der Waals surface area contributed by atoms with E-state index in [-0.39, 0.29) is 11.8 Å². The quantitative estimate of drug-likeness (QED) is 0.699. The van der Waals surface area contributed by atoms with E-state index in [1.165, 1.54) is 0 Å². The lowest BCUT2D eigenvalue weighted by Gasteiger charge is -2.20. The number of esters is 1. The van der Waals surface area contributed by atoms with Crippen LogP contribution in [-0.4, -0.2) is 17.4 Å². The van der Waals surface area contributed by atoms with Crippen molar-refractivity contribution in [3.8, 4) is 0 Å². The summed E-state index contributed by atoms with van der Waals surface area (Å²) in [6, 6.07) is 5.24. The number of Topliss-reactive ketones (excluding diaryl/α,β-unsaturated/α-hetero) is 1. The maximum Gasteiger partial charge on any atom is 0.338 e. The predicted octanol–water partition coefficient (Wildman–Crippen LogP) is 2.77.